The molecule has 2 heterocycles. The van der Waals surface area contributed by atoms with Crippen LogP contribution in [0, 0.1) is 23.0 Å². The smallest absolute Gasteiger partial charge is 0.410 e. The Labute approximate surface area is 275 Å². The number of likely N-dealkylation sites (tertiary alicyclic amines) is 1. The van der Waals surface area contributed by atoms with Gasteiger partial charge < -0.3 is 34.2 Å². The van der Waals surface area contributed by atoms with E-state index >= 15 is 8.78 Å². The summed E-state index contributed by atoms with van der Waals surface area (Å²) in [5.41, 5.74) is -0.193. The van der Waals surface area contributed by atoms with E-state index in [1.165, 1.54) is 12.0 Å². The highest BCUT2D eigenvalue weighted by Gasteiger charge is 2.48. The van der Waals surface area contributed by atoms with E-state index in [2.05, 4.69) is 5.32 Å². The van der Waals surface area contributed by atoms with Crippen molar-refractivity contribution in [2.75, 3.05) is 47.1 Å². The van der Waals surface area contributed by atoms with Gasteiger partial charge in [-0.25, -0.2) is 18.0 Å². The number of carbonyl (C=O) groups excluding carboxylic acids is 2. The minimum absolute atomic E-state index is 0.0382. The third kappa shape index (κ3) is 8.98. The number of rotatable bonds is 12. The highest BCUT2D eigenvalue weighted by molar-refractivity contribution is 5.78. The minimum Gasteiger partial charge on any atom is -0.444 e. The molecule has 0 bridgehead atoms. The Hall–Kier alpha value is -3.77. The number of nitrogens with one attached hydrogen (secondary N) is 1. The molecular weight excluding hydrogens is 613 g/mol. The summed E-state index contributed by atoms with van der Waals surface area (Å²) in [7, 11) is 2.97. The van der Waals surface area contributed by atoms with Gasteiger partial charge in [0.05, 0.1) is 24.9 Å². The molecule has 2 aromatic rings. The zero-order valence-electron chi connectivity index (χ0n) is 28.3. The average Bonchev–Trinajstić information content (AvgIpc) is 3.56. The molecule has 4 rings (SSSR count). The van der Waals surface area contributed by atoms with Gasteiger partial charge in [-0.05, 0) is 44.5 Å². The number of hydrogen-bond donors (Lipinski definition) is 1. The number of amides is 2. The van der Waals surface area contributed by atoms with Gasteiger partial charge in [0.1, 0.15) is 36.2 Å². The summed E-state index contributed by atoms with van der Waals surface area (Å²) in [4.78, 5) is 31.7. The highest BCUT2D eigenvalue weighted by atomic mass is 19.1. The van der Waals surface area contributed by atoms with Crippen LogP contribution in [0.5, 0.6) is 0 Å². The molecule has 12 heteroatoms. The van der Waals surface area contributed by atoms with Crippen LogP contribution >= 0.6 is 0 Å². The van der Waals surface area contributed by atoms with E-state index < -0.39 is 58.9 Å². The number of benzene rings is 2. The number of ether oxygens (including phenoxy) is 3. The molecule has 0 spiro atoms. The van der Waals surface area contributed by atoms with Gasteiger partial charge in [0.15, 0.2) is 0 Å². The lowest BCUT2D eigenvalue weighted by atomic mass is 9.81. The highest BCUT2D eigenvalue weighted by Crippen LogP contribution is 2.37. The molecule has 258 valence electrons. The van der Waals surface area contributed by atoms with Crippen molar-refractivity contribution in [3.63, 3.8) is 0 Å². The van der Waals surface area contributed by atoms with E-state index in [-0.39, 0.29) is 38.4 Å². The summed E-state index contributed by atoms with van der Waals surface area (Å²) < 4.78 is 61.6. The summed E-state index contributed by atoms with van der Waals surface area (Å²) in [6, 6.07) is 12.2. The largest absolute Gasteiger partial charge is 0.444 e. The predicted octanol–water partition coefficient (Wildman–Crippen LogP) is 5.42. The first-order chi connectivity index (χ1) is 22.1. The van der Waals surface area contributed by atoms with Crippen molar-refractivity contribution >= 4 is 17.7 Å². The fraction of sp³-hybridized carbons (Fsp3) is 0.543. The second-order valence-electron chi connectivity index (χ2n) is 13.9. The molecule has 0 aromatic heterocycles. The molecule has 1 fully saturated rings. The van der Waals surface area contributed by atoms with E-state index in [0.717, 1.165) is 23.8 Å². The second-order valence-corrected chi connectivity index (χ2v) is 13.9. The van der Waals surface area contributed by atoms with Crippen molar-refractivity contribution in [3.05, 3.63) is 77.5 Å². The maximum Gasteiger partial charge on any atom is 0.410 e. The molecule has 4 unspecified atom stereocenters. The minimum atomic E-state index is -1.42. The molecular formula is C35H47F3N4O5. The molecule has 0 aliphatic carbocycles. The lowest BCUT2D eigenvalue weighted by Crippen LogP contribution is -2.63. The fourth-order valence-electron chi connectivity index (χ4n) is 6.36. The Morgan fingerprint density at radius 3 is 2.36 bits per heavy atom. The first-order valence-electron chi connectivity index (χ1n) is 15.8. The number of alkyl halides is 1. The lowest BCUT2D eigenvalue weighted by molar-refractivity contribution is -0.145. The number of methoxy groups -OCH3 is 2. The molecule has 0 radical (unpaired) electrons. The van der Waals surface area contributed by atoms with Crippen LogP contribution in [0.15, 0.2) is 54.7 Å². The lowest BCUT2D eigenvalue weighted by Gasteiger charge is -2.48. The number of nitrogens with zero attached hydrogens (tertiary/aromatic N) is 3. The van der Waals surface area contributed by atoms with Crippen molar-refractivity contribution in [2.24, 2.45) is 11.3 Å². The van der Waals surface area contributed by atoms with Gasteiger partial charge in [-0.3, -0.25) is 4.79 Å². The van der Waals surface area contributed by atoms with Crippen LogP contribution < -0.4 is 5.32 Å². The third-order valence-corrected chi connectivity index (χ3v) is 8.37. The summed E-state index contributed by atoms with van der Waals surface area (Å²) in [5, 5.41) is 3.39. The van der Waals surface area contributed by atoms with Gasteiger partial charge in [-0.2, -0.15) is 0 Å². The molecule has 4 atom stereocenters. The third-order valence-electron chi connectivity index (χ3n) is 8.37. The van der Waals surface area contributed by atoms with E-state index in [4.69, 9.17) is 14.2 Å². The Kier molecular flexibility index (Phi) is 11.5. The molecule has 2 aliphatic heterocycles. The Bertz CT molecular complexity index is 1420. The first kappa shape index (κ1) is 36.1. The Morgan fingerprint density at radius 1 is 1.02 bits per heavy atom. The average molecular weight is 661 g/mol. The SMILES string of the molecule is COCC(=O)N(CC1CN(C(=O)OC(C)(C)C)CC1F)C(C1NC(c2cc(F)ccc2F)=CN1Cc1ccccc1)C(C)(C)COC. The standard InChI is InChI=1S/C35H47F3N4O5/c1-34(2,3)47-33(44)41-17-24(28(38)19-41)18-42(30(43)21-45-6)31(35(4,5)22-46-7)32-39-29(26-15-25(36)13-14-27(26)37)20-40(32)16-23-11-9-8-10-12-23/h8-15,20,24,28,31-32,39H,16-19,21-22H2,1-7H3. The second kappa shape index (κ2) is 15.0. The maximum absolute atomic E-state index is 15.7. The van der Waals surface area contributed by atoms with Crippen LogP contribution in [0.4, 0.5) is 18.0 Å². The van der Waals surface area contributed by atoms with Gasteiger partial charge in [-0.15, -0.1) is 0 Å². The van der Waals surface area contributed by atoms with E-state index in [0.29, 0.717) is 12.2 Å². The van der Waals surface area contributed by atoms with Crippen molar-refractivity contribution in [1.29, 1.82) is 0 Å². The topological polar surface area (TPSA) is 83.6 Å². The predicted molar refractivity (Wildman–Crippen MR) is 172 cm³/mol. The van der Waals surface area contributed by atoms with Crippen LogP contribution in [0.3, 0.4) is 0 Å². The number of hydrogen-bond acceptors (Lipinski definition) is 7. The first-order valence-corrected chi connectivity index (χ1v) is 15.8. The van der Waals surface area contributed by atoms with Crippen molar-refractivity contribution in [3.8, 4) is 0 Å². The van der Waals surface area contributed by atoms with Crippen LogP contribution in [0.25, 0.3) is 5.70 Å². The van der Waals surface area contributed by atoms with Crippen LogP contribution in [0.1, 0.15) is 45.7 Å². The number of halogens is 3. The molecule has 1 N–H and O–H groups in total. The maximum atomic E-state index is 15.7. The van der Waals surface area contributed by atoms with Gasteiger partial charge in [-0.1, -0.05) is 44.2 Å². The van der Waals surface area contributed by atoms with Gasteiger partial charge in [0.25, 0.3) is 0 Å². The molecule has 47 heavy (non-hydrogen) atoms. The Morgan fingerprint density at radius 2 is 1.72 bits per heavy atom. The van der Waals surface area contributed by atoms with Crippen LogP contribution in [-0.2, 0) is 25.5 Å². The van der Waals surface area contributed by atoms with Gasteiger partial charge in [0.2, 0.25) is 5.91 Å². The molecule has 2 aromatic carbocycles. The Balaban J connectivity index is 1.76. The van der Waals surface area contributed by atoms with Crippen molar-refractivity contribution in [1.82, 2.24) is 20.0 Å². The molecule has 1 saturated heterocycles. The summed E-state index contributed by atoms with van der Waals surface area (Å²) >= 11 is 0. The van der Waals surface area contributed by atoms with Crippen molar-refractivity contribution < 1.29 is 37.0 Å². The normalized spacial score (nSPS) is 20.6. The van der Waals surface area contributed by atoms with Crippen LogP contribution in [-0.4, -0.2) is 97.7 Å². The van der Waals surface area contributed by atoms with E-state index in [1.54, 1.807) is 39.0 Å². The van der Waals surface area contributed by atoms with Gasteiger partial charge in [0, 0.05) is 57.0 Å². The quantitative estimate of drug-likeness (QED) is 0.326. The molecule has 2 amide bonds. The summed E-state index contributed by atoms with van der Waals surface area (Å²) in [5.74, 6) is -2.32. The summed E-state index contributed by atoms with van der Waals surface area (Å²) in [6.07, 6.45) is -0.993. The fourth-order valence-corrected chi connectivity index (χ4v) is 6.36. The zero-order valence-corrected chi connectivity index (χ0v) is 28.3. The number of carbonyl (C=O) groups is 2. The van der Waals surface area contributed by atoms with Crippen LogP contribution in [0.2, 0.25) is 0 Å². The molecule has 0 saturated carbocycles. The van der Waals surface area contributed by atoms with Crippen molar-refractivity contribution in [2.45, 2.75) is 65.1 Å². The molecule has 9 nitrogen and oxygen atoms in total. The monoisotopic (exact) mass is 660 g/mol. The van der Waals surface area contributed by atoms with E-state index in [1.807, 2.05) is 49.1 Å². The van der Waals surface area contributed by atoms with E-state index in [9.17, 15) is 14.0 Å². The summed E-state index contributed by atoms with van der Waals surface area (Å²) in [6.45, 7) is 9.25. The molecule has 2 aliphatic rings. The van der Waals surface area contributed by atoms with Gasteiger partial charge >= 0.3 is 6.09 Å². The zero-order chi connectivity index (χ0) is 34.5.